The first-order valence-corrected chi connectivity index (χ1v) is 7.33. The summed E-state index contributed by atoms with van der Waals surface area (Å²) in [5.41, 5.74) is 6.20. The van der Waals surface area contributed by atoms with Crippen LogP contribution in [0.15, 0.2) is 27.7 Å². The maximum Gasteiger partial charge on any atom is 0.192 e. The van der Waals surface area contributed by atoms with Crippen LogP contribution in [0.1, 0.15) is 25.3 Å². The Kier molecular flexibility index (Phi) is 3.04. The summed E-state index contributed by atoms with van der Waals surface area (Å²) in [6, 6.07) is 5.20. The minimum Gasteiger partial charge on any atom is -0.370 e. The van der Waals surface area contributed by atoms with Crippen molar-refractivity contribution in [3.63, 3.8) is 0 Å². The van der Waals surface area contributed by atoms with Gasteiger partial charge in [0.05, 0.1) is 12.1 Å². The molecule has 0 bridgehead atoms. The zero-order chi connectivity index (χ0) is 13.6. The molecule has 1 atom stereocenters. The fraction of sp³-hybridized carbons (Fsp3) is 0.500. The minimum atomic E-state index is -0.461. The Balaban J connectivity index is 1.96. The molecular formula is C14H17BrFN3. The monoisotopic (exact) mass is 325 g/mol. The Morgan fingerprint density at radius 2 is 2.26 bits per heavy atom. The largest absolute Gasteiger partial charge is 0.370 e. The second-order valence-electron chi connectivity index (χ2n) is 5.63. The van der Waals surface area contributed by atoms with Gasteiger partial charge in [-0.1, -0.05) is 22.0 Å². The number of nitrogens with zero attached hydrogens (tertiary/aromatic N) is 2. The quantitative estimate of drug-likeness (QED) is 0.928. The molecule has 5 heteroatoms. The summed E-state index contributed by atoms with van der Waals surface area (Å²) in [6.07, 6.45) is 2.48. The molecule has 3 rings (SSSR count). The van der Waals surface area contributed by atoms with Gasteiger partial charge in [0.15, 0.2) is 5.96 Å². The SMILES string of the molecule is CC1(c2ccc(Br)cc2F)CN=C(N)N1CC1CC1. The van der Waals surface area contributed by atoms with Crippen molar-refractivity contribution in [2.45, 2.75) is 25.3 Å². The predicted molar refractivity (Wildman–Crippen MR) is 77.4 cm³/mol. The maximum absolute atomic E-state index is 14.3. The van der Waals surface area contributed by atoms with E-state index >= 15 is 0 Å². The molecule has 1 saturated carbocycles. The van der Waals surface area contributed by atoms with Crippen LogP contribution in [0.4, 0.5) is 4.39 Å². The molecule has 2 N–H and O–H groups in total. The molecule has 1 fully saturated rings. The lowest BCUT2D eigenvalue weighted by Crippen LogP contribution is -2.48. The van der Waals surface area contributed by atoms with Crippen LogP contribution in [0, 0.1) is 11.7 Å². The van der Waals surface area contributed by atoms with Crippen LogP contribution in [0.5, 0.6) is 0 Å². The van der Waals surface area contributed by atoms with Crippen molar-refractivity contribution in [3.8, 4) is 0 Å². The highest BCUT2D eigenvalue weighted by molar-refractivity contribution is 9.10. The molecule has 0 aromatic heterocycles. The molecule has 1 aromatic rings. The van der Waals surface area contributed by atoms with E-state index in [0.29, 0.717) is 24.0 Å². The van der Waals surface area contributed by atoms with Crippen molar-refractivity contribution in [2.24, 2.45) is 16.6 Å². The zero-order valence-electron chi connectivity index (χ0n) is 10.9. The molecule has 1 aromatic carbocycles. The molecular weight excluding hydrogens is 309 g/mol. The summed E-state index contributed by atoms with van der Waals surface area (Å²) in [6.45, 7) is 3.41. The smallest absolute Gasteiger partial charge is 0.192 e. The van der Waals surface area contributed by atoms with Crippen LogP contribution in [-0.4, -0.2) is 23.9 Å². The molecule has 3 nitrogen and oxygen atoms in total. The van der Waals surface area contributed by atoms with Crippen molar-refractivity contribution in [2.75, 3.05) is 13.1 Å². The van der Waals surface area contributed by atoms with Gasteiger partial charge >= 0.3 is 0 Å². The van der Waals surface area contributed by atoms with Gasteiger partial charge in [0, 0.05) is 16.6 Å². The van der Waals surface area contributed by atoms with Gasteiger partial charge in [0.1, 0.15) is 5.82 Å². The minimum absolute atomic E-state index is 0.206. The molecule has 19 heavy (non-hydrogen) atoms. The molecule has 1 unspecified atom stereocenters. The first-order valence-electron chi connectivity index (χ1n) is 6.54. The molecule has 2 aliphatic rings. The molecule has 0 amide bonds. The summed E-state index contributed by atoms with van der Waals surface area (Å²) >= 11 is 3.29. The van der Waals surface area contributed by atoms with Gasteiger partial charge in [-0.15, -0.1) is 0 Å². The second-order valence-corrected chi connectivity index (χ2v) is 6.54. The third-order valence-electron chi connectivity index (χ3n) is 4.07. The number of hydrogen-bond donors (Lipinski definition) is 1. The van der Waals surface area contributed by atoms with Gasteiger partial charge in [-0.3, -0.25) is 4.99 Å². The number of aliphatic imine (C=N–C) groups is 1. The maximum atomic E-state index is 14.3. The van der Waals surface area contributed by atoms with Gasteiger partial charge in [-0.25, -0.2) is 4.39 Å². The Morgan fingerprint density at radius 3 is 2.89 bits per heavy atom. The Hall–Kier alpha value is -1.10. The molecule has 0 saturated heterocycles. The van der Waals surface area contributed by atoms with Crippen LogP contribution >= 0.6 is 15.9 Å². The average Bonchev–Trinajstić information content (AvgIpc) is 3.11. The Bertz CT molecular complexity index is 541. The number of nitrogens with two attached hydrogens (primary N) is 1. The van der Waals surface area contributed by atoms with E-state index in [-0.39, 0.29) is 5.82 Å². The van der Waals surface area contributed by atoms with Gasteiger partial charge < -0.3 is 10.6 Å². The zero-order valence-corrected chi connectivity index (χ0v) is 12.5. The molecule has 0 spiro atoms. The van der Waals surface area contributed by atoms with Gasteiger partial charge in [0.2, 0.25) is 0 Å². The van der Waals surface area contributed by atoms with E-state index in [1.165, 1.54) is 18.9 Å². The second kappa shape index (κ2) is 4.47. The van der Waals surface area contributed by atoms with E-state index in [4.69, 9.17) is 5.73 Å². The van der Waals surface area contributed by atoms with Gasteiger partial charge in [-0.05, 0) is 37.8 Å². The first-order chi connectivity index (χ1) is 9.00. The van der Waals surface area contributed by atoms with Crippen molar-refractivity contribution < 1.29 is 4.39 Å². The van der Waals surface area contributed by atoms with Crippen LogP contribution in [-0.2, 0) is 5.54 Å². The Morgan fingerprint density at radius 1 is 1.53 bits per heavy atom. The van der Waals surface area contributed by atoms with Gasteiger partial charge in [0.25, 0.3) is 0 Å². The lowest BCUT2D eigenvalue weighted by molar-refractivity contribution is 0.211. The van der Waals surface area contributed by atoms with E-state index in [1.54, 1.807) is 0 Å². The first kappa shape index (κ1) is 12.9. The fourth-order valence-electron chi connectivity index (χ4n) is 2.67. The van der Waals surface area contributed by atoms with Crippen LogP contribution in [0.3, 0.4) is 0 Å². The molecule has 102 valence electrons. The highest BCUT2D eigenvalue weighted by Crippen LogP contribution is 2.39. The molecule has 0 radical (unpaired) electrons. The normalized spacial score (nSPS) is 26.7. The van der Waals surface area contributed by atoms with E-state index in [1.807, 2.05) is 19.1 Å². The van der Waals surface area contributed by atoms with Gasteiger partial charge in [-0.2, -0.15) is 0 Å². The van der Waals surface area contributed by atoms with Crippen molar-refractivity contribution in [1.29, 1.82) is 0 Å². The average molecular weight is 326 g/mol. The third kappa shape index (κ3) is 2.24. The highest BCUT2D eigenvalue weighted by Gasteiger charge is 2.43. The van der Waals surface area contributed by atoms with E-state index in [9.17, 15) is 4.39 Å². The summed E-state index contributed by atoms with van der Waals surface area (Å²) < 4.78 is 15.0. The lowest BCUT2D eigenvalue weighted by Gasteiger charge is -2.37. The fourth-order valence-corrected chi connectivity index (χ4v) is 3.00. The van der Waals surface area contributed by atoms with Crippen molar-refractivity contribution >= 4 is 21.9 Å². The molecule has 1 aliphatic carbocycles. The van der Waals surface area contributed by atoms with Crippen molar-refractivity contribution in [1.82, 2.24) is 4.90 Å². The van der Waals surface area contributed by atoms with E-state index in [0.717, 1.165) is 11.0 Å². The van der Waals surface area contributed by atoms with E-state index < -0.39 is 5.54 Å². The standard InChI is InChI=1S/C14H17BrFN3/c1-14(11-5-4-10(15)6-12(11)16)8-18-13(17)19(14)7-9-2-3-9/h4-6,9H,2-3,7-8H2,1H3,(H2,17,18). The lowest BCUT2D eigenvalue weighted by atomic mass is 9.90. The van der Waals surface area contributed by atoms with E-state index in [2.05, 4.69) is 25.8 Å². The summed E-state index contributed by atoms with van der Waals surface area (Å²) in [5, 5.41) is 0. The number of halogens is 2. The summed E-state index contributed by atoms with van der Waals surface area (Å²) in [5.74, 6) is 1.02. The Labute approximate surface area is 120 Å². The number of hydrogen-bond acceptors (Lipinski definition) is 3. The molecule has 1 heterocycles. The van der Waals surface area contributed by atoms with Crippen LogP contribution in [0.2, 0.25) is 0 Å². The summed E-state index contributed by atoms with van der Waals surface area (Å²) in [7, 11) is 0. The molecule has 1 aliphatic heterocycles. The van der Waals surface area contributed by atoms with Crippen molar-refractivity contribution in [3.05, 3.63) is 34.1 Å². The van der Waals surface area contributed by atoms with Crippen LogP contribution < -0.4 is 5.73 Å². The predicted octanol–water partition coefficient (Wildman–Crippen LogP) is 2.84. The topological polar surface area (TPSA) is 41.6 Å². The number of rotatable bonds is 3. The number of benzene rings is 1. The third-order valence-corrected chi connectivity index (χ3v) is 4.56. The highest BCUT2D eigenvalue weighted by atomic mass is 79.9. The number of guanidine groups is 1. The van der Waals surface area contributed by atoms with Crippen LogP contribution in [0.25, 0.3) is 0 Å². The summed E-state index contributed by atoms with van der Waals surface area (Å²) in [4.78, 5) is 6.40.